The molecule has 0 fully saturated rings. The summed E-state index contributed by atoms with van der Waals surface area (Å²) in [4.78, 5) is 30.3. The first-order chi connectivity index (χ1) is 14.0. The Labute approximate surface area is 164 Å². The summed E-state index contributed by atoms with van der Waals surface area (Å²) in [6.07, 6.45) is 3.28. The van der Waals surface area contributed by atoms with Gasteiger partial charge in [-0.25, -0.2) is 9.67 Å². The maximum absolute atomic E-state index is 13.0. The van der Waals surface area contributed by atoms with E-state index in [1.807, 2.05) is 44.2 Å². The molecule has 0 radical (unpaired) electrons. The number of nitrogens with zero attached hydrogens (tertiary/aromatic N) is 4. The standard InChI is InChI=1S/C22H17N5O2/c1-13-7-9-16(10-8-13)26-22(29)18(14(2)25-26)11-15-12-23-27-20(15)24-19-6-4-3-5-17(19)21(27)28/h3-12,25H,1-2H3. The van der Waals surface area contributed by atoms with Crippen LogP contribution in [-0.4, -0.2) is 24.4 Å². The zero-order valence-electron chi connectivity index (χ0n) is 15.9. The van der Waals surface area contributed by atoms with Gasteiger partial charge >= 0.3 is 0 Å². The average Bonchev–Trinajstić information content (AvgIpc) is 3.25. The fourth-order valence-corrected chi connectivity index (χ4v) is 3.46. The van der Waals surface area contributed by atoms with Crippen LogP contribution in [0.2, 0.25) is 0 Å². The summed E-state index contributed by atoms with van der Waals surface area (Å²) in [7, 11) is 0. The van der Waals surface area contributed by atoms with E-state index in [2.05, 4.69) is 15.2 Å². The second-order valence-corrected chi connectivity index (χ2v) is 7.04. The lowest BCUT2D eigenvalue weighted by Crippen LogP contribution is -2.18. The minimum Gasteiger partial charge on any atom is -0.295 e. The smallest absolute Gasteiger partial charge is 0.282 e. The Bertz CT molecular complexity index is 1560. The zero-order chi connectivity index (χ0) is 20.1. The van der Waals surface area contributed by atoms with Crippen molar-refractivity contribution in [3.8, 4) is 5.69 Å². The number of para-hydroxylation sites is 1. The highest BCUT2D eigenvalue weighted by molar-refractivity contribution is 5.79. The van der Waals surface area contributed by atoms with Crippen LogP contribution in [0.3, 0.4) is 0 Å². The number of hydrogen-bond donors (Lipinski definition) is 1. The van der Waals surface area contributed by atoms with Gasteiger partial charge in [-0.1, -0.05) is 29.8 Å². The van der Waals surface area contributed by atoms with Gasteiger partial charge in [-0.05, 0) is 44.2 Å². The monoisotopic (exact) mass is 383 g/mol. The maximum atomic E-state index is 13.0. The highest BCUT2D eigenvalue weighted by Gasteiger charge is 2.12. The van der Waals surface area contributed by atoms with Crippen LogP contribution in [0.5, 0.6) is 0 Å². The first-order valence-electron chi connectivity index (χ1n) is 9.20. The van der Waals surface area contributed by atoms with E-state index in [1.54, 1.807) is 30.5 Å². The molecular formula is C22H17N5O2. The molecule has 3 aromatic heterocycles. The third kappa shape index (κ3) is 2.67. The van der Waals surface area contributed by atoms with Gasteiger partial charge in [0, 0.05) is 10.9 Å². The number of fused-ring (bicyclic) bond motifs is 2. The lowest BCUT2D eigenvalue weighted by Gasteiger charge is -2.01. The van der Waals surface area contributed by atoms with Crippen LogP contribution in [0.25, 0.3) is 28.3 Å². The number of benzene rings is 2. The van der Waals surface area contributed by atoms with Crippen molar-refractivity contribution in [2.45, 2.75) is 13.8 Å². The topological polar surface area (TPSA) is 85.0 Å². The van der Waals surface area contributed by atoms with Crippen molar-refractivity contribution in [3.63, 3.8) is 0 Å². The number of aryl methyl sites for hydroxylation is 2. The molecule has 0 unspecified atom stereocenters. The Kier molecular flexibility index (Phi) is 3.70. The molecule has 7 nitrogen and oxygen atoms in total. The first-order valence-corrected chi connectivity index (χ1v) is 9.20. The van der Waals surface area contributed by atoms with Crippen molar-refractivity contribution < 1.29 is 0 Å². The number of aromatic amines is 1. The molecule has 0 aliphatic heterocycles. The fraction of sp³-hybridized carbons (Fsp3) is 0.0909. The summed E-state index contributed by atoms with van der Waals surface area (Å²) < 4.78 is 2.78. The predicted molar refractivity (Wildman–Crippen MR) is 111 cm³/mol. The summed E-state index contributed by atoms with van der Waals surface area (Å²) in [6, 6.07) is 14.8. The van der Waals surface area contributed by atoms with Crippen LogP contribution in [0, 0.1) is 13.8 Å². The van der Waals surface area contributed by atoms with Crippen molar-refractivity contribution in [2.24, 2.45) is 0 Å². The van der Waals surface area contributed by atoms with E-state index in [-0.39, 0.29) is 11.1 Å². The molecule has 142 valence electrons. The molecule has 0 aliphatic rings. The highest BCUT2D eigenvalue weighted by atomic mass is 16.1. The van der Waals surface area contributed by atoms with Gasteiger partial charge in [0.05, 0.1) is 28.4 Å². The lowest BCUT2D eigenvalue weighted by atomic mass is 10.2. The second-order valence-electron chi connectivity index (χ2n) is 7.04. The molecule has 0 aliphatic carbocycles. The maximum Gasteiger partial charge on any atom is 0.282 e. The average molecular weight is 383 g/mol. The molecule has 0 saturated heterocycles. The summed E-state index contributed by atoms with van der Waals surface area (Å²) in [5.41, 5.74) is 3.73. The zero-order valence-corrected chi connectivity index (χ0v) is 15.9. The van der Waals surface area contributed by atoms with E-state index >= 15 is 0 Å². The summed E-state index contributed by atoms with van der Waals surface area (Å²) in [5.74, 6) is 0. The van der Waals surface area contributed by atoms with Gasteiger partial charge in [-0.3, -0.25) is 14.7 Å². The number of nitrogens with one attached hydrogen (secondary N) is 1. The Morgan fingerprint density at radius 3 is 2.52 bits per heavy atom. The van der Waals surface area contributed by atoms with Crippen LogP contribution in [0.4, 0.5) is 0 Å². The lowest BCUT2D eigenvalue weighted by molar-refractivity contribution is 0.835. The van der Waals surface area contributed by atoms with E-state index in [4.69, 9.17) is 0 Å². The second kappa shape index (κ2) is 6.27. The molecule has 29 heavy (non-hydrogen) atoms. The molecule has 7 heteroatoms. The quantitative estimate of drug-likeness (QED) is 0.504. The third-order valence-corrected chi connectivity index (χ3v) is 5.03. The molecule has 1 N–H and O–H groups in total. The molecule has 0 saturated carbocycles. The third-order valence-electron chi connectivity index (χ3n) is 5.03. The van der Waals surface area contributed by atoms with Crippen LogP contribution in [0.1, 0.15) is 16.8 Å². The van der Waals surface area contributed by atoms with Crippen molar-refractivity contribution in [1.82, 2.24) is 24.4 Å². The van der Waals surface area contributed by atoms with Gasteiger partial charge in [-0.15, -0.1) is 0 Å². The first kappa shape index (κ1) is 17.1. The Balaban J connectivity index is 1.74. The van der Waals surface area contributed by atoms with Gasteiger partial charge in [0.15, 0.2) is 5.65 Å². The molecule has 0 atom stereocenters. The molecule has 5 rings (SSSR count). The highest BCUT2D eigenvalue weighted by Crippen LogP contribution is 2.10. The largest absolute Gasteiger partial charge is 0.295 e. The van der Waals surface area contributed by atoms with Crippen LogP contribution in [0.15, 0.2) is 64.3 Å². The van der Waals surface area contributed by atoms with Crippen LogP contribution >= 0.6 is 0 Å². The predicted octanol–water partition coefficient (Wildman–Crippen LogP) is 1.89. The summed E-state index contributed by atoms with van der Waals surface area (Å²) in [5, 5.41) is 8.43. The van der Waals surface area contributed by atoms with Crippen molar-refractivity contribution in [3.05, 3.63) is 97.5 Å². The van der Waals surface area contributed by atoms with Crippen molar-refractivity contribution in [1.29, 1.82) is 0 Å². The SMILES string of the molecule is Cc1ccc(-n2[nH]c(C)c(C=c3cnn4c(=O)c5ccccc5nc34)c2=O)cc1. The fourth-order valence-electron chi connectivity index (χ4n) is 3.46. The van der Waals surface area contributed by atoms with E-state index in [0.29, 0.717) is 27.3 Å². The van der Waals surface area contributed by atoms with E-state index in [9.17, 15) is 9.59 Å². The van der Waals surface area contributed by atoms with E-state index < -0.39 is 0 Å². The number of H-pyrrole nitrogens is 1. The Hall–Kier alpha value is -4.00. The van der Waals surface area contributed by atoms with Gasteiger partial charge in [-0.2, -0.15) is 9.61 Å². The summed E-state index contributed by atoms with van der Waals surface area (Å²) >= 11 is 0. The van der Waals surface area contributed by atoms with Crippen molar-refractivity contribution >= 4 is 22.6 Å². The van der Waals surface area contributed by atoms with Gasteiger partial charge in [0.2, 0.25) is 0 Å². The molecule has 0 bridgehead atoms. The molecule has 0 spiro atoms. The van der Waals surface area contributed by atoms with E-state index in [1.165, 1.54) is 9.20 Å². The van der Waals surface area contributed by atoms with Gasteiger partial charge < -0.3 is 0 Å². The number of rotatable bonds is 2. The molecule has 5 aromatic rings. The van der Waals surface area contributed by atoms with Crippen LogP contribution in [-0.2, 0) is 0 Å². The van der Waals surface area contributed by atoms with Gasteiger partial charge in [0.1, 0.15) is 0 Å². The van der Waals surface area contributed by atoms with Gasteiger partial charge in [0.25, 0.3) is 11.1 Å². The number of aromatic nitrogens is 5. The minimum absolute atomic E-state index is 0.172. The molecule has 2 aromatic carbocycles. The Morgan fingerprint density at radius 1 is 0.966 bits per heavy atom. The summed E-state index contributed by atoms with van der Waals surface area (Å²) in [6.45, 7) is 3.84. The minimum atomic E-state index is -0.229. The van der Waals surface area contributed by atoms with Crippen LogP contribution < -0.4 is 16.3 Å². The normalized spacial score (nSPS) is 12.3. The molecular weight excluding hydrogens is 366 g/mol. The molecule has 0 amide bonds. The Morgan fingerprint density at radius 2 is 1.72 bits per heavy atom. The van der Waals surface area contributed by atoms with E-state index in [0.717, 1.165) is 16.9 Å². The molecule has 3 heterocycles. The number of hydrogen-bond acceptors (Lipinski definition) is 4. The van der Waals surface area contributed by atoms with Crippen molar-refractivity contribution in [2.75, 3.05) is 0 Å².